The number of hydrogen-bond acceptors (Lipinski definition) is 3. The summed E-state index contributed by atoms with van der Waals surface area (Å²) in [5.74, 6) is 0.153. The number of H-pyrrole nitrogens is 1. The molecule has 0 radical (unpaired) electrons. The van der Waals surface area contributed by atoms with Crippen molar-refractivity contribution in [1.29, 1.82) is 0 Å². The van der Waals surface area contributed by atoms with Gasteiger partial charge in [0.05, 0.1) is 30.0 Å². The van der Waals surface area contributed by atoms with Crippen LogP contribution in [0.25, 0.3) is 0 Å². The van der Waals surface area contributed by atoms with Gasteiger partial charge in [0.25, 0.3) is 0 Å². The number of aromatic amines is 1. The lowest BCUT2D eigenvalue weighted by Crippen LogP contribution is -2.37. The van der Waals surface area contributed by atoms with E-state index in [-0.39, 0.29) is 5.75 Å². The normalized spacial score (nSPS) is 16.0. The highest BCUT2D eigenvalue weighted by molar-refractivity contribution is 7.89. The highest BCUT2D eigenvalue weighted by Crippen LogP contribution is 2.18. The summed E-state index contributed by atoms with van der Waals surface area (Å²) < 4.78 is 26.3. The minimum Gasteiger partial charge on any atom is -0.347 e. The quantitative estimate of drug-likeness (QED) is 0.924. The van der Waals surface area contributed by atoms with E-state index in [2.05, 4.69) is 9.97 Å². The molecule has 1 aromatic carbocycles. The van der Waals surface area contributed by atoms with E-state index < -0.39 is 10.0 Å². The van der Waals surface area contributed by atoms with E-state index in [0.717, 1.165) is 17.0 Å². The van der Waals surface area contributed by atoms with E-state index in [1.807, 2.05) is 30.3 Å². The molecule has 2 heterocycles. The monoisotopic (exact) mass is 291 g/mol. The van der Waals surface area contributed by atoms with Crippen molar-refractivity contribution in [3.05, 3.63) is 53.6 Å². The van der Waals surface area contributed by atoms with E-state index >= 15 is 0 Å². The summed E-state index contributed by atoms with van der Waals surface area (Å²) in [5.41, 5.74) is 2.95. The third-order valence-corrected chi connectivity index (χ3v) is 5.44. The molecule has 0 unspecified atom stereocenters. The van der Waals surface area contributed by atoms with Gasteiger partial charge in [0.15, 0.2) is 0 Å². The number of rotatable bonds is 4. The predicted octanol–water partition coefficient (Wildman–Crippen LogP) is 1.34. The van der Waals surface area contributed by atoms with Crippen LogP contribution in [0.1, 0.15) is 17.0 Å². The van der Waals surface area contributed by atoms with Crippen molar-refractivity contribution in [3.8, 4) is 0 Å². The molecule has 0 atom stereocenters. The standard InChI is InChI=1S/C14H17N3O2S/c18-20(19,9-7-12-4-2-1-3-5-12)17-8-6-13-14(10-17)16-11-15-13/h1-5,11H,6-10H2,(H,15,16). The van der Waals surface area contributed by atoms with E-state index in [0.29, 0.717) is 25.9 Å². The van der Waals surface area contributed by atoms with Crippen LogP contribution in [0.4, 0.5) is 0 Å². The fourth-order valence-corrected chi connectivity index (χ4v) is 3.89. The van der Waals surface area contributed by atoms with Gasteiger partial charge in [-0.2, -0.15) is 4.31 Å². The highest BCUT2D eigenvalue weighted by atomic mass is 32.2. The number of aryl methyl sites for hydroxylation is 1. The fraction of sp³-hybridized carbons (Fsp3) is 0.357. The third kappa shape index (κ3) is 2.76. The summed E-state index contributed by atoms with van der Waals surface area (Å²) in [6, 6.07) is 9.71. The molecule has 1 N–H and O–H groups in total. The maximum atomic E-state index is 12.4. The molecule has 0 aliphatic carbocycles. The Morgan fingerprint density at radius 3 is 2.85 bits per heavy atom. The second kappa shape index (κ2) is 5.38. The molecule has 2 aromatic rings. The van der Waals surface area contributed by atoms with Crippen molar-refractivity contribution in [3.63, 3.8) is 0 Å². The van der Waals surface area contributed by atoms with Crippen molar-refractivity contribution in [2.45, 2.75) is 19.4 Å². The number of sulfonamides is 1. The molecular weight excluding hydrogens is 274 g/mol. The summed E-state index contributed by atoms with van der Waals surface area (Å²) in [6.45, 7) is 0.932. The van der Waals surface area contributed by atoms with Crippen molar-refractivity contribution in [2.75, 3.05) is 12.3 Å². The van der Waals surface area contributed by atoms with Crippen LogP contribution < -0.4 is 0 Å². The summed E-state index contributed by atoms with van der Waals surface area (Å²) in [4.78, 5) is 7.21. The molecule has 1 aliphatic rings. The number of imidazole rings is 1. The van der Waals surface area contributed by atoms with Crippen LogP contribution in [0.5, 0.6) is 0 Å². The summed E-state index contributed by atoms with van der Waals surface area (Å²) in [7, 11) is -3.22. The number of hydrogen-bond donors (Lipinski definition) is 1. The Kier molecular flexibility index (Phi) is 3.58. The van der Waals surface area contributed by atoms with Crippen LogP contribution in [0, 0.1) is 0 Å². The largest absolute Gasteiger partial charge is 0.347 e. The van der Waals surface area contributed by atoms with Crippen LogP contribution in [-0.2, 0) is 29.4 Å². The Labute approximate surface area is 118 Å². The molecule has 0 saturated heterocycles. The molecular formula is C14H17N3O2S. The van der Waals surface area contributed by atoms with Gasteiger partial charge in [0, 0.05) is 13.0 Å². The summed E-state index contributed by atoms with van der Waals surface area (Å²) in [5, 5.41) is 0. The van der Waals surface area contributed by atoms with Crippen LogP contribution in [0.15, 0.2) is 36.7 Å². The minimum absolute atomic E-state index is 0.153. The Morgan fingerprint density at radius 1 is 1.25 bits per heavy atom. The van der Waals surface area contributed by atoms with Crippen LogP contribution in [-0.4, -0.2) is 35.0 Å². The first-order valence-corrected chi connectivity index (χ1v) is 8.29. The molecule has 0 saturated carbocycles. The maximum absolute atomic E-state index is 12.4. The molecule has 0 bridgehead atoms. The van der Waals surface area contributed by atoms with Crippen LogP contribution in [0.3, 0.4) is 0 Å². The van der Waals surface area contributed by atoms with Gasteiger partial charge < -0.3 is 4.98 Å². The molecule has 0 spiro atoms. The van der Waals surface area contributed by atoms with Gasteiger partial charge in [-0.3, -0.25) is 0 Å². The number of nitrogens with one attached hydrogen (secondary N) is 1. The molecule has 1 aliphatic heterocycles. The van der Waals surface area contributed by atoms with Crippen molar-refractivity contribution >= 4 is 10.0 Å². The molecule has 0 amide bonds. The predicted molar refractivity (Wildman–Crippen MR) is 76.6 cm³/mol. The molecule has 6 heteroatoms. The van der Waals surface area contributed by atoms with Crippen molar-refractivity contribution in [2.24, 2.45) is 0 Å². The molecule has 5 nitrogen and oxygen atoms in total. The zero-order valence-corrected chi connectivity index (χ0v) is 11.9. The van der Waals surface area contributed by atoms with Gasteiger partial charge in [0.1, 0.15) is 0 Å². The summed E-state index contributed by atoms with van der Waals surface area (Å²) in [6.07, 6.45) is 2.86. The van der Waals surface area contributed by atoms with E-state index in [1.54, 1.807) is 10.6 Å². The minimum atomic E-state index is -3.22. The number of benzene rings is 1. The van der Waals surface area contributed by atoms with Crippen LogP contribution >= 0.6 is 0 Å². The third-order valence-electron chi connectivity index (χ3n) is 3.62. The fourth-order valence-electron chi connectivity index (χ4n) is 2.45. The first-order valence-electron chi connectivity index (χ1n) is 6.68. The van der Waals surface area contributed by atoms with Crippen molar-refractivity contribution < 1.29 is 8.42 Å². The number of aromatic nitrogens is 2. The molecule has 0 fully saturated rings. The number of nitrogens with zero attached hydrogens (tertiary/aromatic N) is 2. The van der Waals surface area contributed by atoms with E-state index in [1.165, 1.54) is 0 Å². The van der Waals surface area contributed by atoms with Crippen LogP contribution in [0.2, 0.25) is 0 Å². The van der Waals surface area contributed by atoms with Crippen molar-refractivity contribution in [1.82, 2.24) is 14.3 Å². The molecule has 3 rings (SSSR count). The Hall–Kier alpha value is -1.66. The Morgan fingerprint density at radius 2 is 2.05 bits per heavy atom. The van der Waals surface area contributed by atoms with E-state index in [9.17, 15) is 8.42 Å². The average molecular weight is 291 g/mol. The molecule has 20 heavy (non-hydrogen) atoms. The lowest BCUT2D eigenvalue weighted by molar-refractivity contribution is 0.385. The molecule has 106 valence electrons. The first kappa shape index (κ1) is 13.3. The zero-order chi connectivity index (χ0) is 14.0. The number of fused-ring (bicyclic) bond motifs is 1. The first-order chi connectivity index (χ1) is 9.65. The SMILES string of the molecule is O=S(=O)(CCc1ccccc1)N1CCc2nc[nH]c2C1. The molecule has 1 aromatic heterocycles. The Balaban J connectivity index is 1.67. The van der Waals surface area contributed by atoms with E-state index in [4.69, 9.17) is 0 Å². The smallest absolute Gasteiger partial charge is 0.214 e. The van der Waals surface area contributed by atoms with Gasteiger partial charge in [-0.1, -0.05) is 30.3 Å². The maximum Gasteiger partial charge on any atom is 0.214 e. The van der Waals surface area contributed by atoms with Gasteiger partial charge in [-0.05, 0) is 12.0 Å². The van der Waals surface area contributed by atoms with Gasteiger partial charge in [-0.15, -0.1) is 0 Å². The topological polar surface area (TPSA) is 66.1 Å². The average Bonchev–Trinajstić information content (AvgIpc) is 2.94. The lowest BCUT2D eigenvalue weighted by atomic mass is 10.2. The second-order valence-electron chi connectivity index (χ2n) is 4.96. The zero-order valence-electron chi connectivity index (χ0n) is 11.1. The summed E-state index contributed by atoms with van der Waals surface area (Å²) >= 11 is 0. The van der Waals surface area contributed by atoms with Gasteiger partial charge in [-0.25, -0.2) is 13.4 Å². The highest BCUT2D eigenvalue weighted by Gasteiger charge is 2.27. The lowest BCUT2D eigenvalue weighted by Gasteiger charge is -2.25. The van der Waals surface area contributed by atoms with Gasteiger partial charge >= 0.3 is 0 Å². The Bertz CT molecular complexity index is 679. The second-order valence-corrected chi connectivity index (χ2v) is 7.05. The van der Waals surface area contributed by atoms with Gasteiger partial charge in [0.2, 0.25) is 10.0 Å².